The predicted molar refractivity (Wildman–Crippen MR) is 23.0 cm³/mol. The van der Waals surface area contributed by atoms with Gasteiger partial charge < -0.3 is 0 Å². The Morgan fingerprint density at radius 1 is 1.14 bits per heavy atom. The Morgan fingerprint density at radius 3 is 1.14 bits per heavy atom. The zero-order valence-corrected chi connectivity index (χ0v) is 12.5. The first-order valence-corrected chi connectivity index (χ1v) is 5.25. The van der Waals surface area contributed by atoms with Crippen LogP contribution in [0.25, 0.3) is 0 Å². The molecule has 7 heteroatoms. The van der Waals surface area contributed by atoms with Gasteiger partial charge >= 0.3 is 59.4 Å². The molecule has 0 atom stereocenters. The van der Waals surface area contributed by atoms with Crippen molar-refractivity contribution in [3.05, 3.63) is 0 Å². The molecule has 0 saturated carbocycles. The van der Waals surface area contributed by atoms with Gasteiger partial charge in [0.25, 0.3) is 0 Å². The maximum absolute atomic E-state index is 8.97. The summed E-state index contributed by atoms with van der Waals surface area (Å²) in [6, 6.07) is 0. The molecule has 0 aromatic carbocycles. The van der Waals surface area contributed by atoms with Gasteiger partial charge in [0.05, 0.1) is 0 Å². The number of hydrogen-bond donors (Lipinski definition) is 3. The predicted octanol–water partition coefficient (Wildman–Crippen LogP) is -3.36. The molecule has 0 rings (SSSR count). The van der Waals surface area contributed by atoms with Crippen molar-refractivity contribution in [3.8, 4) is 0 Å². The molecule has 0 saturated heterocycles. The zero-order valence-electron chi connectivity index (χ0n) is 3.28. The molecule has 0 aromatic rings. The molecular weight excluding hydrogens is 450 g/mol. The fourth-order valence-electron chi connectivity index (χ4n) is 0. The van der Waals surface area contributed by atoms with Crippen LogP contribution in [0.2, 0.25) is 0 Å². The average molecular weight is 456 g/mol. The minimum atomic E-state index is -5.35. The Hall–Kier alpha value is 1.90. The van der Waals surface area contributed by atoms with E-state index in [1.165, 1.54) is 0 Å². The molecule has 0 amide bonds. The summed E-state index contributed by atoms with van der Waals surface area (Å²) in [5.74, 6) is 0. The third-order valence-corrected chi connectivity index (χ3v) is 0. The van der Waals surface area contributed by atoms with Gasteiger partial charge in [-0.1, -0.05) is 0 Å². The summed E-state index contributed by atoms with van der Waals surface area (Å²) in [6.45, 7) is 0. The van der Waals surface area contributed by atoms with Gasteiger partial charge in [-0.25, -0.2) is 0 Å². The summed E-state index contributed by atoms with van der Waals surface area (Å²) in [6.07, 6.45) is 0. The molecule has 0 unspecified atom stereocenters. The molecule has 4 nitrogen and oxygen atoms in total. The summed E-state index contributed by atoms with van der Waals surface area (Å²) >= 11 is -5.35. The van der Waals surface area contributed by atoms with E-state index in [4.69, 9.17) is 13.2 Å². The van der Waals surface area contributed by atoms with Crippen molar-refractivity contribution in [1.29, 1.82) is 0 Å². The molecule has 0 fully saturated rings. The van der Waals surface area contributed by atoms with Crippen molar-refractivity contribution in [2.75, 3.05) is 0 Å². The van der Waals surface area contributed by atoms with Gasteiger partial charge in [0, 0.05) is 17.1 Å². The maximum atomic E-state index is 8.97. The van der Waals surface area contributed by atoms with E-state index in [1.54, 1.807) is 0 Å². The average Bonchev–Trinajstić information content (AvgIpc) is 0.722. The van der Waals surface area contributed by atoms with E-state index in [1.807, 2.05) is 0 Å². The second-order valence-electron chi connectivity index (χ2n) is 0.513. The Balaban J connectivity index is -0.0000000800. The van der Waals surface area contributed by atoms with Gasteiger partial charge in [0.15, 0.2) is 0 Å². The Bertz CT molecular complexity index is 57.8. The standard InChI is InChI=1S/Bi.Mn.3H2O.O.Sb.3H/h;;3*1H2;;;;;/q;;;;;;+3;;;/p-3. The Labute approximate surface area is 75.6 Å². The van der Waals surface area contributed by atoms with Crippen molar-refractivity contribution in [3.63, 3.8) is 0 Å². The first-order valence-electron chi connectivity index (χ1n) is 0.783. The van der Waals surface area contributed by atoms with Crippen LogP contribution >= 0.6 is 0 Å². The molecule has 0 aromatic heterocycles. The van der Waals surface area contributed by atoms with Crippen LogP contribution in [-0.4, -0.2) is 56.4 Å². The summed E-state index contributed by atoms with van der Waals surface area (Å²) in [5.41, 5.74) is 0. The first-order chi connectivity index (χ1) is 2.00. The second kappa shape index (κ2) is 6.03. The van der Waals surface area contributed by atoms with Gasteiger partial charge in [-0.3, -0.25) is 0 Å². The SMILES string of the molecule is [BiH3].[Mn].[O]=[Sb]([OH])([OH])[OH]. The molecule has 47 valence electrons. The van der Waals surface area contributed by atoms with Crippen molar-refractivity contribution in [2.45, 2.75) is 0 Å². The van der Waals surface area contributed by atoms with E-state index in [2.05, 4.69) is 0 Å². The van der Waals surface area contributed by atoms with Gasteiger partial charge in [0.2, 0.25) is 0 Å². The van der Waals surface area contributed by atoms with Gasteiger partial charge in [-0.05, 0) is 0 Å². The number of rotatable bonds is 0. The summed E-state index contributed by atoms with van der Waals surface area (Å²) in [5, 5.41) is 0. The van der Waals surface area contributed by atoms with Gasteiger partial charge in [-0.15, -0.1) is 0 Å². The molecule has 0 aliphatic heterocycles. The third-order valence-electron chi connectivity index (χ3n) is 0. The van der Waals surface area contributed by atoms with Crippen LogP contribution in [0.5, 0.6) is 0 Å². The van der Waals surface area contributed by atoms with E-state index in [9.17, 15) is 0 Å². The third kappa shape index (κ3) is 76.1. The minimum absolute atomic E-state index is 0. The van der Waals surface area contributed by atoms with Crippen molar-refractivity contribution >= 4 is 46.3 Å². The van der Waals surface area contributed by atoms with E-state index in [-0.39, 0.29) is 43.3 Å². The monoisotopic (exact) mass is 455 g/mol. The molecule has 0 spiro atoms. The molecule has 0 heterocycles. The summed E-state index contributed by atoms with van der Waals surface area (Å²) in [4.78, 5) is 0. The van der Waals surface area contributed by atoms with Crippen LogP contribution in [0.3, 0.4) is 0 Å². The molecule has 0 bridgehead atoms. The van der Waals surface area contributed by atoms with Gasteiger partial charge in [-0.2, -0.15) is 0 Å². The van der Waals surface area contributed by atoms with E-state index in [0.717, 1.165) is 0 Å². The zero-order chi connectivity index (χ0) is 4.50. The number of hydrogen-bond acceptors (Lipinski definition) is 1. The van der Waals surface area contributed by atoms with Crippen LogP contribution in [0.1, 0.15) is 0 Å². The molecule has 1 radical (unpaired) electrons. The molecule has 0 aliphatic rings. The van der Waals surface area contributed by atoms with Crippen LogP contribution in [-0.2, 0) is 20.1 Å². The van der Waals surface area contributed by atoms with Crippen LogP contribution in [0.15, 0.2) is 0 Å². The quantitative estimate of drug-likeness (QED) is 0.334. The first kappa shape index (κ1) is 16.0. The summed E-state index contributed by atoms with van der Waals surface area (Å²) in [7, 11) is 0. The van der Waals surface area contributed by atoms with Gasteiger partial charge in [0.1, 0.15) is 0 Å². The van der Waals surface area contributed by atoms with E-state index in [0.29, 0.717) is 0 Å². The Kier molecular flexibility index (Phi) is 13.7. The van der Waals surface area contributed by atoms with Crippen LogP contribution in [0.4, 0.5) is 0 Å². The van der Waals surface area contributed by atoms with Crippen LogP contribution in [0, 0.1) is 0 Å². The molecule has 7 heavy (non-hydrogen) atoms. The Morgan fingerprint density at radius 2 is 1.14 bits per heavy atom. The van der Waals surface area contributed by atoms with Crippen molar-refractivity contribution in [2.24, 2.45) is 0 Å². The fourth-order valence-corrected chi connectivity index (χ4v) is 0. The van der Waals surface area contributed by atoms with E-state index >= 15 is 0 Å². The molecule has 3 N–H and O–H groups in total. The summed E-state index contributed by atoms with van der Waals surface area (Å²) < 4.78 is 30.8. The second-order valence-corrected chi connectivity index (χ2v) is 3.44. The van der Waals surface area contributed by atoms with Crippen molar-refractivity contribution in [1.82, 2.24) is 0 Å². The fraction of sp³-hybridized carbons (Fsp3) is 0. The normalized spacial score (nSPS) is 8.43. The van der Waals surface area contributed by atoms with Crippen molar-refractivity contribution < 1.29 is 30.2 Å². The molecule has 0 aliphatic carbocycles. The molecular formula is H6BiMnO4Sb. The topological polar surface area (TPSA) is 77.8 Å². The van der Waals surface area contributed by atoms with E-state index < -0.39 is 20.1 Å². The van der Waals surface area contributed by atoms with Crippen LogP contribution < -0.4 is 0 Å².